The summed E-state index contributed by atoms with van der Waals surface area (Å²) in [6.07, 6.45) is 2.87. The van der Waals surface area contributed by atoms with Gasteiger partial charge in [0.1, 0.15) is 23.2 Å². The molecular formula is C58H75N7O14S. The number of thioether (sulfide) groups is 1. The molecule has 0 aromatic heterocycles. The van der Waals surface area contributed by atoms with Crippen LogP contribution in [0.1, 0.15) is 142 Å². The average Bonchev–Trinajstić information content (AvgIpc) is 3.77. The zero-order valence-corrected chi connectivity index (χ0v) is 47.5. The van der Waals surface area contributed by atoms with E-state index in [2.05, 4.69) is 21.3 Å². The van der Waals surface area contributed by atoms with Gasteiger partial charge >= 0.3 is 17.9 Å². The molecule has 3 aromatic carbocycles. The number of esters is 2. The smallest absolute Gasteiger partial charge is 0.327 e. The second kappa shape index (κ2) is 30.1. The number of Topliss-reactive ketones (excluding diaryl/α,β-unsaturated/α-hetero) is 1. The molecule has 7 amide bonds. The van der Waals surface area contributed by atoms with E-state index in [9.17, 15) is 57.8 Å². The molecule has 432 valence electrons. The number of carboxylic acid groups (broad SMARTS) is 1. The number of ketones is 1. The molecule has 1 unspecified atom stereocenters. The topological polar surface area (TPSA) is 284 Å². The second-order valence-electron chi connectivity index (χ2n) is 20.5. The Balaban J connectivity index is 1.02. The number of aryl methyl sites for hydroxylation is 1. The molecule has 2 aliphatic heterocycles. The fourth-order valence-corrected chi connectivity index (χ4v) is 11.1. The molecular weight excluding hydrogens is 1050 g/mol. The predicted molar refractivity (Wildman–Crippen MR) is 298 cm³/mol. The second-order valence-corrected chi connectivity index (χ2v) is 22.3. The van der Waals surface area contributed by atoms with Crippen molar-refractivity contribution in [2.24, 2.45) is 0 Å². The predicted octanol–water partition coefficient (Wildman–Crippen LogP) is 4.99. The Morgan fingerprint density at radius 2 is 1.29 bits per heavy atom. The standard InChI is InChI=1S/C58H75N7O14S/c1-36-19-16-22-42(37(36)2)52(72)60-30-13-15-33-64(34-18-31-61-53(73)43-23-17-24-45(78-38(3)66)50(43)79-39(4)67)48(71)28-26-46(69)59-29-12-9-14-32-63(7)47(70)27-25-41(68)35-44(40-20-10-8-11-21-40)54(74)62-49-55(75)65-51(57(76)77)58(5,6)80-56(49)65/h8,10-11,16-17,19-24,44,49,51,56H,9,12-15,18,25-35H2,1-7H3,(H,59,69)(H,60,72)(H,61,73)(H,62,74)(H,76,77)/t44-,49-,51-,56?/m1/s1. The third kappa shape index (κ3) is 18.0. The largest absolute Gasteiger partial charge is 0.480 e. The van der Waals surface area contributed by atoms with Crippen molar-refractivity contribution in [3.8, 4) is 11.5 Å². The Morgan fingerprint density at radius 1 is 0.688 bits per heavy atom. The summed E-state index contributed by atoms with van der Waals surface area (Å²) in [5.41, 5.74) is 3.03. The molecule has 2 saturated heterocycles. The first-order valence-corrected chi connectivity index (χ1v) is 27.9. The van der Waals surface area contributed by atoms with Gasteiger partial charge in [0.2, 0.25) is 29.5 Å². The fraction of sp³-hybridized carbons (Fsp3) is 0.500. The van der Waals surface area contributed by atoms with E-state index in [0.29, 0.717) is 75.8 Å². The van der Waals surface area contributed by atoms with Crippen molar-refractivity contribution in [3.63, 3.8) is 0 Å². The summed E-state index contributed by atoms with van der Waals surface area (Å²) < 4.78 is 9.59. The molecule has 0 radical (unpaired) electrons. The normalized spacial score (nSPS) is 16.2. The van der Waals surface area contributed by atoms with Gasteiger partial charge in [0.05, 0.1) is 11.5 Å². The number of β-lactam (4-membered cyclic amide) rings is 1. The summed E-state index contributed by atoms with van der Waals surface area (Å²) in [6.45, 7) is 11.5. The van der Waals surface area contributed by atoms with Crippen LogP contribution >= 0.6 is 11.8 Å². The van der Waals surface area contributed by atoms with Gasteiger partial charge in [-0.3, -0.25) is 47.9 Å². The van der Waals surface area contributed by atoms with Gasteiger partial charge in [0.25, 0.3) is 11.8 Å². The molecule has 2 aliphatic rings. The SMILES string of the molecule is CC(=O)Oc1cccc(C(=O)NCCCN(CCCCNC(=O)c2cccc(C)c2C)C(=O)CCC(=O)NCCCCCN(C)C(=O)CCC(=O)C[C@@H](C(=O)N[C@@H]2C(=O)N3C2SC(C)(C)[C@H]3C(=O)O)c2ccccc2)c1OC(C)=O. The minimum Gasteiger partial charge on any atom is -0.480 e. The molecule has 0 bridgehead atoms. The maximum absolute atomic E-state index is 13.7. The van der Waals surface area contributed by atoms with E-state index in [1.54, 1.807) is 62.2 Å². The summed E-state index contributed by atoms with van der Waals surface area (Å²) in [7, 11) is 1.64. The van der Waals surface area contributed by atoms with Crippen molar-refractivity contribution in [2.75, 3.05) is 46.3 Å². The molecule has 21 nitrogen and oxygen atoms in total. The number of unbranched alkanes of at least 4 members (excludes halogenated alkanes) is 3. The van der Waals surface area contributed by atoms with Crippen LogP contribution < -0.4 is 30.7 Å². The van der Waals surface area contributed by atoms with Crippen LogP contribution in [0.4, 0.5) is 0 Å². The zero-order valence-electron chi connectivity index (χ0n) is 46.7. The first-order valence-electron chi connectivity index (χ1n) is 27.0. The van der Waals surface area contributed by atoms with E-state index in [4.69, 9.17) is 9.47 Å². The lowest BCUT2D eigenvalue weighted by Crippen LogP contribution is -2.70. The summed E-state index contributed by atoms with van der Waals surface area (Å²) in [5, 5.41) is 20.5. The number of hydrogen-bond donors (Lipinski definition) is 5. The van der Waals surface area contributed by atoms with Gasteiger partial charge in [0, 0.05) is 103 Å². The van der Waals surface area contributed by atoms with Gasteiger partial charge in [-0.15, -0.1) is 11.8 Å². The van der Waals surface area contributed by atoms with E-state index in [-0.39, 0.29) is 91.7 Å². The average molecular weight is 1130 g/mol. The van der Waals surface area contributed by atoms with Crippen LogP contribution in [0.5, 0.6) is 11.5 Å². The van der Waals surface area contributed by atoms with Crippen LogP contribution in [0.15, 0.2) is 66.7 Å². The van der Waals surface area contributed by atoms with E-state index < -0.39 is 63.8 Å². The Bertz CT molecular complexity index is 2770. The Morgan fingerprint density at radius 3 is 1.98 bits per heavy atom. The molecule has 2 fully saturated rings. The summed E-state index contributed by atoms with van der Waals surface area (Å²) in [5.74, 6) is -6.68. The Labute approximate surface area is 471 Å². The Kier molecular flexibility index (Phi) is 23.8. The number of rotatable bonds is 31. The molecule has 5 N–H and O–H groups in total. The number of aliphatic carboxylic acids is 1. The van der Waals surface area contributed by atoms with Crippen LogP contribution in [0.25, 0.3) is 0 Å². The summed E-state index contributed by atoms with van der Waals surface area (Å²) in [6, 6.07) is 16.5. The van der Waals surface area contributed by atoms with Gasteiger partial charge in [-0.2, -0.15) is 0 Å². The van der Waals surface area contributed by atoms with Crippen LogP contribution in [0.3, 0.4) is 0 Å². The highest BCUT2D eigenvalue weighted by Gasteiger charge is 2.64. The number of fused-ring (bicyclic) bond motifs is 1. The number of hydrogen-bond acceptors (Lipinski definition) is 14. The van der Waals surface area contributed by atoms with Gasteiger partial charge in [0.15, 0.2) is 11.5 Å². The molecule has 22 heteroatoms. The van der Waals surface area contributed by atoms with Gasteiger partial charge in [-0.25, -0.2) is 4.79 Å². The van der Waals surface area contributed by atoms with Gasteiger partial charge in [-0.1, -0.05) is 48.5 Å². The third-order valence-corrected chi connectivity index (χ3v) is 15.6. The van der Waals surface area contributed by atoms with Gasteiger partial charge < -0.3 is 50.5 Å². The van der Waals surface area contributed by atoms with Crippen molar-refractivity contribution >= 4 is 76.8 Å². The van der Waals surface area contributed by atoms with Crippen molar-refractivity contribution in [3.05, 3.63) is 94.5 Å². The number of carboxylic acids is 1. The minimum absolute atomic E-state index is 0.0305. The number of ether oxygens (including phenoxy) is 2. The van der Waals surface area contributed by atoms with E-state index in [1.807, 2.05) is 26.0 Å². The minimum atomic E-state index is -1.12. The highest BCUT2D eigenvalue weighted by Crippen LogP contribution is 2.51. The number of nitrogens with one attached hydrogen (secondary N) is 4. The van der Waals surface area contributed by atoms with Crippen molar-refractivity contribution < 1.29 is 67.3 Å². The maximum Gasteiger partial charge on any atom is 0.327 e. The highest BCUT2D eigenvalue weighted by molar-refractivity contribution is 8.01. The number of nitrogens with zero attached hydrogens (tertiary/aromatic N) is 3. The molecule has 5 rings (SSSR count). The molecule has 0 aliphatic carbocycles. The van der Waals surface area contributed by atoms with Crippen LogP contribution in [-0.2, 0) is 43.2 Å². The number of para-hydroxylation sites is 1. The molecule has 0 spiro atoms. The van der Waals surface area contributed by atoms with Crippen molar-refractivity contribution in [1.82, 2.24) is 36.0 Å². The van der Waals surface area contributed by atoms with E-state index in [0.717, 1.165) is 18.1 Å². The molecule has 2 heterocycles. The fourth-order valence-electron chi connectivity index (χ4n) is 9.51. The quantitative estimate of drug-likeness (QED) is 0.0246. The van der Waals surface area contributed by atoms with Crippen LogP contribution in [0.2, 0.25) is 0 Å². The number of amides is 7. The van der Waals surface area contributed by atoms with Crippen molar-refractivity contribution in [2.45, 2.75) is 140 Å². The Hall–Kier alpha value is -7.62. The lowest BCUT2D eigenvalue weighted by Gasteiger charge is -2.44. The number of carbonyl (C=O) groups is 11. The number of benzene rings is 3. The van der Waals surface area contributed by atoms with Crippen LogP contribution in [0, 0.1) is 13.8 Å². The maximum atomic E-state index is 13.7. The molecule has 80 heavy (non-hydrogen) atoms. The molecule has 3 aromatic rings. The first-order chi connectivity index (χ1) is 38.0. The highest BCUT2D eigenvalue weighted by atomic mass is 32.2. The van der Waals surface area contributed by atoms with E-state index >= 15 is 0 Å². The molecule has 0 saturated carbocycles. The van der Waals surface area contributed by atoms with Crippen LogP contribution in [-0.4, -0.2) is 153 Å². The lowest BCUT2D eigenvalue weighted by molar-refractivity contribution is -0.161. The summed E-state index contributed by atoms with van der Waals surface area (Å²) >= 11 is 1.31. The third-order valence-electron chi connectivity index (χ3n) is 14.0. The van der Waals surface area contributed by atoms with Gasteiger partial charge in [-0.05, 0) is 101 Å². The number of carbonyl (C=O) groups excluding carboxylic acids is 10. The zero-order chi connectivity index (χ0) is 58.7. The van der Waals surface area contributed by atoms with E-state index in [1.165, 1.54) is 46.7 Å². The lowest BCUT2D eigenvalue weighted by atomic mass is 9.90. The monoisotopic (exact) mass is 1130 g/mol. The van der Waals surface area contributed by atoms with Crippen molar-refractivity contribution in [1.29, 1.82) is 0 Å². The summed E-state index contributed by atoms with van der Waals surface area (Å²) in [4.78, 5) is 146. The first kappa shape index (κ1) is 63.2. The molecule has 4 atom stereocenters.